The van der Waals surface area contributed by atoms with Crippen LogP contribution in [0.15, 0.2) is 60.7 Å². The van der Waals surface area contributed by atoms with Gasteiger partial charge in [0.1, 0.15) is 0 Å². The molecule has 0 aliphatic rings. The maximum absolute atomic E-state index is 8.74. The Morgan fingerprint density at radius 2 is 1.11 bits per heavy atom. The van der Waals surface area contributed by atoms with E-state index in [1.807, 2.05) is 0 Å². The van der Waals surface area contributed by atoms with Crippen molar-refractivity contribution < 1.29 is 9.53 Å². The number of aliphatic hydroxyl groups is 1. The topological polar surface area (TPSA) is 29.5 Å². The summed E-state index contributed by atoms with van der Waals surface area (Å²) in [6, 6.07) is 21.8. The van der Waals surface area contributed by atoms with Crippen LogP contribution in [0.1, 0.15) is 98.3 Å². The highest BCUT2D eigenvalue weighted by Crippen LogP contribution is 2.37. The third kappa shape index (κ3) is 10.5. The molecule has 0 aliphatic carbocycles. The zero-order chi connectivity index (χ0) is 26.8. The molecule has 0 fully saturated rings. The van der Waals surface area contributed by atoms with Crippen molar-refractivity contribution in [3.8, 4) is 23.7 Å². The molecule has 0 aromatic heterocycles. The van der Waals surface area contributed by atoms with Crippen LogP contribution in [0.25, 0.3) is 0 Å². The van der Waals surface area contributed by atoms with Gasteiger partial charge in [-0.05, 0) is 54.4 Å². The lowest BCUT2D eigenvalue weighted by Crippen LogP contribution is -2.67. The fourth-order valence-corrected chi connectivity index (χ4v) is 9.57. The molecule has 37 heavy (non-hydrogen) atoms. The van der Waals surface area contributed by atoms with Crippen molar-refractivity contribution in [3.63, 3.8) is 0 Å². The summed E-state index contributed by atoms with van der Waals surface area (Å²) in [6.45, 7) is 9.49. The minimum Gasteiger partial charge on any atom is -0.405 e. The minimum atomic E-state index is -2.48. The van der Waals surface area contributed by atoms with Crippen LogP contribution < -0.4 is 10.4 Å². The van der Waals surface area contributed by atoms with Gasteiger partial charge in [-0.2, -0.15) is 0 Å². The first-order valence-electron chi connectivity index (χ1n) is 14.2. The Bertz CT molecular complexity index is 947. The number of rotatable bonds is 14. The highest BCUT2D eigenvalue weighted by Gasteiger charge is 2.50. The van der Waals surface area contributed by atoms with Gasteiger partial charge in [-0.25, -0.2) is 0 Å². The fraction of sp³-hybridized carbons (Fsp3) is 0.529. The fourth-order valence-electron chi connectivity index (χ4n) is 4.83. The van der Waals surface area contributed by atoms with Gasteiger partial charge in [-0.3, -0.25) is 0 Å². The molecule has 0 spiro atoms. The minimum absolute atomic E-state index is 0.0102. The monoisotopic (exact) mass is 516 g/mol. The standard InChI is InChI=1S/C34H48O2Si/c1-31(25-19-15-13-11-9-7-5-6-8-10-12-14-16-24-30-35)36-37(34(2,3)4,32-26-20-17-21-27-32)33-28-22-18-23-29-33/h17-18,20-23,26-29,31,35H,5-10,15-16,19,24-25,30H2,1-4H3/t31-/m0/s1. The molecule has 0 radical (unpaired) electrons. The third-order valence-corrected chi connectivity index (χ3v) is 11.9. The van der Waals surface area contributed by atoms with E-state index in [-0.39, 0.29) is 17.7 Å². The van der Waals surface area contributed by atoms with E-state index in [1.54, 1.807) is 0 Å². The molecule has 2 aromatic carbocycles. The Kier molecular flexibility index (Phi) is 14.4. The molecule has 0 saturated heterocycles. The summed E-state index contributed by atoms with van der Waals surface area (Å²) in [5.74, 6) is 13.1. The molecule has 0 saturated carbocycles. The van der Waals surface area contributed by atoms with Gasteiger partial charge in [0, 0.05) is 38.4 Å². The molecule has 2 rings (SSSR count). The van der Waals surface area contributed by atoms with E-state index in [4.69, 9.17) is 9.53 Å². The molecule has 0 aliphatic heterocycles. The van der Waals surface area contributed by atoms with E-state index in [2.05, 4.69) is 112 Å². The molecule has 2 nitrogen and oxygen atoms in total. The molecule has 0 amide bonds. The quantitative estimate of drug-likeness (QED) is 0.163. The summed E-state index contributed by atoms with van der Waals surface area (Å²) in [5.41, 5.74) is 0. The van der Waals surface area contributed by atoms with Gasteiger partial charge in [-0.15, -0.1) is 23.7 Å². The molecular weight excluding hydrogens is 468 g/mol. The van der Waals surface area contributed by atoms with Gasteiger partial charge in [0.2, 0.25) is 0 Å². The van der Waals surface area contributed by atoms with Gasteiger partial charge < -0.3 is 9.53 Å². The van der Waals surface area contributed by atoms with Gasteiger partial charge in [0.15, 0.2) is 0 Å². The predicted octanol–water partition coefficient (Wildman–Crippen LogP) is 7.24. The second-order valence-corrected chi connectivity index (χ2v) is 15.2. The van der Waals surface area contributed by atoms with Crippen molar-refractivity contribution >= 4 is 18.7 Å². The largest absolute Gasteiger partial charge is 0.405 e. The number of unbranched alkanes of at least 4 members (excludes halogenated alkanes) is 7. The van der Waals surface area contributed by atoms with E-state index in [0.29, 0.717) is 0 Å². The maximum Gasteiger partial charge on any atom is 0.261 e. The van der Waals surface area contributed by atoms with Gasteiger partial charge in [0.25, 0.3) is 8.32 Å². The number of benzene rings is 2. The molecule has 1 N–H and O–H groups in total. The molecule has 0 heterocycles. The Balaban J connectivity index is 1.81. The number of aliphatic hydroxyl groups excluding tert-OH is 1. The van der Waals surface area contributed by atoms with Gasteiger partial charge in [0.05, 0.1) is 0 Å². The average molecular weight is 517 g/mol. The van der Waals surface area contributed by atoms with E-state index >= 15 is 0 Å². The van der Waals surface area contributed by atoms with Crippen LogP contribution in [0.2, 0.25) is 5.04 Å². The van der Waals surface area contributed by atoms with Crippen LogP contribution in [0, 0.1) is 23.7 Å². The molecule has 0 bridgehead atoms. The molecule has 200 valence electrons. The molecule has 2 aromatic rings. The summed E-state index contributed by atoms with van der Waals surface area (Å²) < 4.78 is 7.16. The lowest BCUT2D eigenvalue weighted by atomic mass is 10.1. The van der Waals surface area contributed by atoms with Crippen LogP contribution in [0.4, 0.5) is 0 Å². The Hall–Kier alpha value is -2.30. The van der Waals surface area contributed by atoms with E-state index in [1.165, 1.54) is 36.1 Å². The molecular formula is C34H48O2Si. The first-order chi connectivity index (χ1) is 17.9. The van der Waals surface area contributed by atoms with Crippen molar-refractivity contribution in [1.82, 2.24) is 0 Å². The van der Waals surface area contributed by atoms with Gasteiger partial charge in [-0.1, -0.05) is 94.3 Å². The molecule has 3 heteroatoms. The SMILES string of the molecule is C[C@@H](CCCC#CCCCCCCC#CCCCO)O[Si](c1ccccc1)(c1ccccc1)C(C)(C)C. The first kappa shape index (κ1) is 30.9. The summed E-state index contributed by atoms with van der Waals surface area (Å²) in [7, 11) is -2.48. The summed E-state index contributed by atoms with van der Waals surface area (Å²) in [5, 5.41) is 11.4. The highest BCUT2D eigenvalue weighted by atomic mass is 28.4. The normalized spacial score (nSPS) is 12.2. The van der Waals surface area contributed by atoms with Crippen LogP contribution in [-0.2, 0) is 4.43 Å². The van der Waals surface area contributed by atoms with Crippen LogP contribution in [-0.4, -0.2) is 26.1 Å². The van der Waals surface area contributed by atoms with E-state index < -0.39 is 8.32 Å². The number of hydrogen-bond donors (Lipinski definition) is 1. The molecule has 1 atom stereocenters. The van der Waals surface area contributed by atoms with Crippen molar-refractivity contribution in [2.75, 3.05) is 6.61 Å². The Labute approximate surface area is 228 Å². The van der Waals surface area contributed by atoms with Crippen molar-refractivity contribution in [1.29, 1.82) is 0 Å². The van der Waals surface area contributed by atoms with Crippen molar-refractivity contribution in [3.05, 3.63) is 60.7 Å². The Morgan fingerprint density at radius 3 is 1.54 bits per heavy atom. The Morgan fingerprint density at radius 1 is 0.676 bits per heavy atom. The zero-order valence-electron chi connectivity index (χ0n) is 23.7. The van der Waals surface area contributed by atoms with Crippen molar-refractivity contribution in [2.45, 2.75) is 109 Å². The predicted molar refractivity (Wildman–Crippen MR) is 162 cm³/mol. The van der Waals surface area contributed by atoms with Crippen LogP contribution >= 0.6 is 0 Å². The highest BCUT2D eigenvalue weighted by molar-refractivity contribution is 6.99. The average Bonchev–Trinajstić information content (AvgIpc) is 2.90. The lowest BCUT2D eigenvalue weighted by molar-refractivity contribution is 0.194. The van der Waals surface area contributed by atoms with E-state index in [0.717, 1.165) is 44.9 Å². The van der Waals surface area contributed by atoms with Crippen molar-refractivity contribution in [2.24, 2.45) is 0 Å². The zero-order valence-corrected chi connectivity index (χ0v) is 24.7. The molecule has 0 unspecified atom stereocenters. The maximum atomic E-state index is 8.74. The van der Waals surface area contributed by atoms with Crippen LogP contribution in [0.5, 0.6) is 0 Å². The summed E-state index contributed by atoms with van der Waals surface area (Å²) in [4.78, 5) is 0. The third-order valence-electron chi connectivity index (χ3n) is 6.77. The van der Waals surface area contributed by atoms with Gasteiger partial charge >= 0.3 is 0 Å². The summed E-state index contributed by atoms with van der Waals surface area (Å²) in [6.07, 6.45) is 11.6. The second-order valence-electron chi connectivity index (χ2n) is 10.9. The second kappa shape index (κ2) is 17.3. The van der Waals surface area contributed by atoms with E-state index in [9.17, 15) is 0 Å². The summed E-state index contributed by atoms with van der Waals surface area (Å²) >= 11 is 0. The smallest absolute Gasteiger partial charge is 0.261 e. The van der Waals surface area contributed by atoms with Crippen LogP contribution in [0.3, 0.4) is 0 Å². The number of hydrogen-bond acceptors (Lipinski definition) is 2. The first-order valence-corrected chi connectivity index (χ1v) is 16.1. The lowest BCUT2D eigenvalue weighted by Gasteiger charge is -2.44.